The minimum absolute atomic E-state index is 0.109. The summed E-state index contributed by atoms with van der Waals surface area (Å²) in [5, 5.41) is 3.21. The van der Waals surface area contributed by atoms with Gasteiger partial charge in [0.25, 0.3) is 0 Å². The number of carbonyl (C=O) groups excluding carboxylic acids is 1. The molecule has 1 rings (SSSR count). The van der Waals surface area contributed by atoms with E-state index < -0.39 is 0 Å². The summed E-state index contributed by atoms with van der Waals surface area (Å²) in [6, 6.07) is 0.109. The van der Waals surface area contributed by atoms with Crippen LogP contribution in [0.4, 0.5) is 11.6 Å². The molecule has 0 saturated heterocycles. The van der Waals surface area contributed by atoms with Crippen LogP contribution in [0.25, 0.3) is 0 Å². The van der Waals surface area contributed by atoms with Crippen LogP contribution >= 0.6 is 15.9 Å². The molecule has 0 saturated carbocycles. The highest BCUT2D eigenvalue weighted by atomic mass is 79.9. The van der Waals surface area contributed by atoms with E-state index in [0.717, 1.165) is 23.3 Å². The van der Waals surface area contributed by atoms with Crippen LogP contribution in [0, 0.1) is 0 Å². The maximum Gasteiger partial charge on any atom is 0.237 e. The molecule has 3 N–H and O–H groups in total. The van der Waals surface area contributed by atoms with Crippen molar-refractivity contribution >= 4 is 33.5 Å². The predicted molar refractivity (Wildman–Crippen MR) is 80.2 cm³/mol. The second kappa shape index (κ2) is 7.28. The van der Waals surface area contributed by atoms with Crippen LogP contribution in [0.3, 0.4) is 0 Å². The number of hydrogen-bond donors (Lipinski definition) is 2. The quantitative estimate of drug-likeness (QED) is 0.796. The lowest BCUT2D eigenvalue weighted by Crippen LogP contribution is -2.39. The maximum atomic E-state index is 11.2. The number of carbonyl (C=O) groups is 1. The van der Waals surface area contributed by atoms with Crippen molar-refractivity contribution in [3.05, 3.63) is 10.8 Å². The first-order chi connectivity index (χ1) is 8.97. The molecule has 7 heteroatoms. The first kappa shape index (κ1) is 15.7. The molecular formula is C12H20BrN5O. The molecule has 0 unspecified atom stereocenters. The molecule has 0 aliphatic heterocycles. The zero-order valence-corrected chi connectivity index (χ0v) is 13.1. The fraction of sp³-hybridized carbons (Fsp3) is 0.583. The Bertz CT molecular complexity index is 438. The smallest absolute Gasteiger partial charge is 0.237 e. The largest absolute Gasteiger partial charge is 0.369 e. The first-order valence-electron chi connectivity index (χ1n) is 6.26. The van der Waals surface area contributed by atoms with Crippen LogP contribution in [0.15, 0.2) is 10.8 Å². The van der Waals surface area contributed by atoms with Crippen LogP contribution in [0.2, 0.25) is 0 Å². The summed E-state index contributed by atoms with van der Waals surface area (Å²) in [5.74, 6) is 1.01. The molecule has 19 heavy (non-hydrogen) atoms. The number of halogens is 1. The van der Waals surface area contributed by atoms with E-state index in [9.17, 15) is 4.79 Å². The van der Waals surface area contributed by atoms with E-state index in [1.807, 2.05) is 18.7 Å². The maximum absolute atomic E-state index is 11.2. The van der Waals surface area contributed by atoms with Gasteiger partial charge in [-0.15, -0.1) is 0 Å². The second-order valence-electron chi connectivity index (χ2n) is 4.47. The van der Waals surface area contributed by atoms with Gasteiger partial charge in [0.05, 0.1) is 6.54 Å². The molecule has 1 heterocycles. The molecule has 0 fully saturated rings. The average molecular weight is 330 g/mol. The summed E-state index contributed by atoms with van der Waals surface area (Å²) >= 11 is 3.49. The van der Waals surface area contributed by atoms with E-state index in [1.165, 1.54) is 6.33 Å². The van der Waals surface area contributed by atoms with Crippen LogP contribution in [0.1, 0.15) is 27.2 Å². The molecule has 0 aliphatic rings. The van der Waals surface area contributed by atoms with Gasteiger partial charge in [-0.2, -0.15) is 0 Å². The van der Waals surface area contributed by atoms with Crippen molar-refractivity contribution in [1.29, 1.82) is 0 Å². The lowest BCUT2D eigenvalue weighted by atomic mass is 10.3. The molecule has 6 nitrogen and oxygen atoms in total. The van der Waals surface area contributed by atoms with E-state index in [1.54, 1.807) is 0 Å². The van der Waals surface area contributed by atoms with Crippen molar-refractivity contribution in [2.45, 2.75) is 33.2 Å². The third-order valence-electron chi connectivity index (χ3n) is 2.54. The van der Waals surface area contributed by atoms with E-state index >= 15 is 0 Å². The molecule has 1 amide bonds. The van der Waals surface area contributed by atoms with Gasteiger partial charge in [0, 0.05) is 12.6 Å². The van der Waals surface area contributed by atoms with E-state index in [4.69, 9.17) is 5.73 Å². The van der Waals surface area contributed by atoms with Gasteiger partial charge < -0.3 is 16.0 Å². The monoisotopic (exact) mass is 329 g/mol. The molecule has 106 valence electrons. The lowest BCUT2D eigenvalue weighted by Gasteiger charge is -2.27. The average Bonchev–Trinajstić information content (AvgIpc) is 2.34. The van der Waals surface area contributed by atoms with E-state index in [2.05, 4.69) is 38.1 Å². The van der Waals surface area contributed by atoms with Crippen LogP contribution in [-0.2, 0) is 4.79 Å². The van der Waals surface area contributed by atoms with Crippen LogP contribution in [0.5, 0.6) is 0 Å². The molecule has 0 spiro atoms. The number of nitrogens with one attached hydrogen (secondary N) is 1. The normalized spacial score (nSPS) is 10.6. The Balaban J connectivity index is 3.05. The number of amides is 1. The third kappa shape index (κ3) is 4.34. The summed E-state index contributed by atoms with van der Waals surface area (Å²) in [5.41, 5.74) is 5.28. The molecule has 0 atom stereocenters. The topological polar surface area (TPSA) is 84.1 Å². The van der Waals surface area contributed by atoms with Crippen molar-refractivity contribution in [3.63, 3.8) is 0 Å². The Hall–Kier alpha value is -1.37. The van der Waals surface area contributed by atoms with Gasteiger partial charge in [-0.3, -0.25) is 4.79 Å². The van der Waals surface area contributed by atoms with Gasteiger partial charge in [-0.1, -0.05) is 6.92 Å². The molecular weight excluding hydrogens is 310 g/mol. The van der Waals surface area contributed by atoms with Gasteiger partial charge in [-0.05, 0) is 36.2 Å². The lowest BCUT2D eigenvalue weighted by molar-refractivity contribution is -0.116. The van der Waals surface area contributed by atoms with E-state index in [0.29, 0.717) is 5.82 Å². The van der Waals surface area contributed by atoms with Crippen molar-refractivity contribution in [2.75, 3.05) is 23.3 Å². The van der Waals surface area contributed by atoms with Crippen molar-refractivity contribution < 1.29 is 4.79 Å². The Labute approximate surface area is 121 Å². The Kier molecular flexibility index (Phi) is 6.01. The summed E-state index contributed by atoms with van der Waals surface area (Å²) in [6.45, 7) is 7.00. The zero-order valence-electron chi connectivity index (χ0n) is 11.5. The van der Waals surface area contributed by atoms with Crippen LogP contribution in [-0.4, -0.2) is 35.0 Å². The second-order valence-corrected chi connectivity index (χ2v) is 5.27. The number of rotatable bonds is 7. The van der Waals surface area contributed by atoms with E-state index in [-0.39, 0.29) is 18.5 Å². The van der Waals surface area contributed by atoms with Crippen molar-refractivity contribution in [2.24, 2.45) is 5.73 Å². The minimum atomic E-state index is -0.387. The highest BCUT2D eigenvalue weighted by Gasteiger charge is 2.19. The number of aromatic nitrogens is 2. The Morgan fingerprint density at radius 2 is 2.21 bits per heavy atom. The van der Waals surface area contributed by atoms with Crippen molar-refractivity contribution in [3.8, 4) is 0 Å². The summed E-state index contributed by atoms with van der Waals surface area (Å²) in [7, 11) is 0. The van der Waals surface area contributed by atoms with Gasteiger partial charge in [-0.25, -0.2) is 9.97 Å². The minimum Gasteiger partial charge on any atom is -0.369 e. The number of hydrogen-bond acceptors (Lipinski definition) is 5. The number of primary amides is 1. The van der Waals surface area contributed by atoms with Gasteiger partial charge >= 0.3 is 0 Å². The van der Waals surface area contributed by atoms with Crippen molar-refractivity contribution in [1.82, 2.24) is 9.97 Å². The fourth-order valence-corrected chi connectivity index (χ4v) is 2.17. The molecule has 0 bridgehead atoms. The molecule has 1 aromatic rings. The Morgan fingerprint density at radius 3 is 2.74 bits per heavy atom. The third-order valence-corrected chi connectivity index (χ3v) is 3.27. The highest BCUT2D eigenvalue weighted by molar-refractivity contribution is 9.10. The van der Waals surface area contributed by atoms with Crippen LogP contribution < -0.4 is 16.0 Å². The molecule has 0 aliphatic carbocycles. The zero-order chi connectivity index (χ0) is 14.4. The van der Waals surface area contributed by atoms with Gasteiger partial charge in [0.1, 0.15) is 22.4 Å². The summed E-state index contributed by atoms with van der Waals surface area (Å²) in [6.07, 6.45) is 2.48. The van der Waals surface area contributed by atoms with Gasteiger partial charge in [0.2, 0.25) is 5.91 Å². The standard InChI is InChI=1S/C12H20BrN5O/c1-4-5-15-11-10(13)12(17-7-16-11)18(8(2)3)6-9(14)19/h7-8H,4-6H2,1-3H3,(H2,14,19)(H,15,16,17). The highest BCUT2D eigenvalue weighted by Crippen LogP contribution is 2.30. The first-order valence-corrected chi connectivity index (χ1v) is 7.06. The number of anilines is 2. The summed E-state index contributed by atoms with van der Waals surface area (Å²) in [4.78, 5) is 21.4. The predicted octanol–water partition coefficient (Wildman–Crippen LogP) is 1.76. The molecule has 1 aromatic heterocycles. The fourth-order valence-electron chi connectivity index (χ4n) is 1.60. The van der Waals surface area contributed by atoms with Gasteiger partial charge in [0.15, 0.2) is 0 Å². The SMILES string of the molecule is CCCNc1ncnc(N(CC(N)=O)C(C)C)c1Br. The number of nitrogens with zero attached hydrogens (tertiary/aromatic N) is 3. The Morgan fingerprint density at radius 1 is 1.53 bits per heavy atom. The molecule has 0 aromatic carbocycles. The number of nitrogens with two attached hydrogens (primary N) is 1. The molecule has 0 radical (unpaired) electrons. The summed E-state index contributed by atoms with van der Waals surface area (Å²) < 4.78 is 0.749.